The Hall–Kier alpha value is -2.19. The summed E-state index contributed by atoms with van der Waals surface area (Å²) in [5.41, 5.74) is 1.69. The molecule has 3 heterocycles. The van der Waals surface area contributed by atoms with Crippen LogP contribution in [-0.2, 0) is 4.79 Å². The minimum atomic E-state index is -0.208. The van der Waals surface area contributed by atoms with Crippen LogP contribution in [0.25, 0.3) is 11.7 Å². The highest BCUT2D eigenvalue weighted by molar-refractivity contribution is 8.26. The van der Waals surface area contributed by atoms with E-state index in [1.165, 1.54) is 16.2 Å². The van der Waals surface area contributed by atoms with Crippen molar-refractivity contribution in [1.82, 2.24) is 14.3 Å². The first-order valence-electron chi connectivity index (χ1n) is 9.34. The number of carbonyl (C=O) groups excluding carboxylic acids is 1. The SMILES string of the molecule is CCCN1C(=O)/C(=C/c2c(NCC(C)C)nc3ccc(C)cn3c2=O)SC1=S. The van der Waals surface area contributed by atoms with E-state index >= 15 is 0 Å². The predicted molar refractivity (Wildman–Crippen MR) is 120 cm³/mol. The number of anilines is 1. The number of fused-ring (bicyclic) bond motifs is 1. The quantitative estimate of drug-likeness (QED) is 0.572. The first-order chi connectivity index (χ1) is 13.3. The number of thiocarbonyl (C=S) groups is 1. The van der Waals surface area contributed by atoms with Gasteiger partial charge >= 0.3 is 0 Å². The molecule has 148 valence electrons. The third-order valence-electron chi connectivity index (χ3n) is 4.28. The van der Waals surface area contributed by atoms with Gasteiger partial charge in [0.05, 0.1) is 10.5 Å². The molecule has 0 bridgehead atoms. The Bertz CT molecular complexity index is 1030. The van der Waals surface area contributed by atoms with Crippen molar-refractivity contribution < 1.29 is 4.79 Å². The van der Waals surface area contributed by atoms with E-state index in [4.69, 9.17) is 12.2 Å². The van der Waals surface area contributed by atoms with Crippen molar-refractivity contribution in [3.05, 3.63) is 44.7 Å². The second kappa shape index (κ2) is 8.45. The van der Waals surface area contributed by atoms with E-state index in [1.807, 2.05) is 26.0 Å². The highest BCUT2D eigenvalue weighted by atomic mass is 32.2. The van der Waals surface area contributed by atoms with Crippen LogP contribution in [0.4, 0.5) is 5.82 Å². The van der Waals surface area contributed by atoms with E-state index < -0.39 is 0 Å². The Kier molecular flexibility index (Phi) is 6.20. The molecule has 3 rings (SSSR count). The number of hydrogen-bond donors (Lipinski definition) is 1. The minimum Gasteiger partial charge on any atom is -0.369 e. The molecule has 28 heavy (non-hydrogen) atoms. The molecule has 0 atom stereocenters. The number of rotatable bonds is 6. The van der Waals surface area contributed by atoms with Crippen LogP contribution < -0.4 is 10.9 Å². The lowest BCUT2D eigenvalue weighted by Gasteiger charge is -2.13. The fourth-order valence-corrected chi connectivity index (χ4v) is 4.16. The van der Waals surface area contributed by atoms with Gasteiger partial charge in [0.2, 0.25) is 0 Å². The van der Waals surface area contributed by atoms with Crippen LogP contribution in [0.5, 0.6) is 0 Å². The maximum absolute atomic E-state index is 13.2. The summed E-state index contributed by atoms with van der Waals surface area (Å²) >= 11 is 6.57. The molecule has 0 aromatic carbocycles. The van der Waals surface area contributed by atoms with Crippen LogP contribution in [0.2, 0.25) is 0 Å². The smallest absolute Gasteiger partial charge is 0.267 e. The molecule has 8 heteroatoms. The van der Waals surface area contributed by atoms with Crippen LogP contribution >= 0.6 is 24.0 Å². The molecule has 2 aromatic rings. The van der Waals surface area contributed by atoms with Gasteiger partial charge in [-0.3, -0.25) is 18.9 Å². The fourth-order valence-electron chi connectivity index (χ4n) is 2.87. The third-order valence-corrected chi connectivity index (χ3v) is 5.66. The van der Waals surface area contributed by atoms with E-state index in [2.05, 4.69) is 24.1 Å². The van der Waals surface area contributed by atoms with E-state index in [0.717, 1.165) is 12.0 Å². The number of nitrogens with zero attached hydrogens (tertiary/aromatic N) is 3. The maximum Gasteiger partial charge on any atom is 0.267 e. The standard InChI is InChI=1S/C20H24N4O2S2/c1-5-8-23-19(26)15(28-20(23)27)9-14-17(21-10-12(2)3)22-16-7-6-13(4)11-24(16)18(14)25/h6-7,9,11-12,21H,5,8,10H2,1-4H3/b15-9-. The number of amides is 1. The van der Waals surface area contributed by atoms with Gasteiger partial charge in [-0.1, -0.05) is 50.8 Å². The van der Waals surface area contributed by atoms with Gasteiger partial charge in [-0.2, -0.15) is 0 Å². The largest absolute Gasteiger partial charge is 0.369 e. The molecule has 0 unspecified atom stereocenters. The molecule has 0 saturated carbocycles. The van der Waals surface area contributed by atoms with Gasteiger partial charge in [0, 0.05) is 19.3 Å². The molecule has 1 N–H and O–H groups in total. The normalized spacial score (nSPS) is 16.0. The third kappa shape index (κ3) is 4.12. The van der Waals surface area contributed by atoms with Gasteiger partial charge in [0.1, 0.15) is 15.8 Å². The van der Waals surface area contributed by atoms with Crippen molar-refractivity contribution in [1.29, 1.82) is 0 Å². The Labute approximate surface area is 174 Å². The van der Waals surface area contributed by atoms with Crippen molar-refractivity contribution in [3.63, 3.8) is 0 Å². The van der Waals surface area contributed by atoms with Crippen molar-refractivity contribution in [3.8, 4) is 0 Å². The second-order valence-corrected chi connectivity index (χ2v) is 8.90. The number of carbonyl (C=O) groups is 1. The highest BCUT2D eigenvalue weighted by Crippen LogP contribution is 2.33. The molecule has 1 aliphatic rings. The van der Waals surface area contributed by atoms with Gasteiger partial charge in [-0.25, -0.2) is 4.98 Å². The van der Waals surface area contributed by atoms with Gasteiger partial charge in [0.15, 0.2) is 0 Å². The lowest BCUT2D eigenvalue weighted by Crippen LogP contribution is -2.28. The van der Waals surface area contributed by atoms with Gasteiger partial charge < -0.3 is 5.32 Å². The zero-order valence-corrected chi connectivity index (χ0v) is 18.1. The van der Waals surface area contributed by atoms with E-state index in [1.54, 1.807) is 17.2 Å². The molecular weight excluding hydrogens is 392 g/mol. The summed E-state index contributed by atoms with van der Waals surface area (Å²) in [5.74, 6) is 0.720. The molecule has 1 amide bonds. The summed E-state index contributed by atoms with van der Waals surface area (Å²) in [7, 11) is 0. The second-order valence-electron chi connectivity index (χ2n) is 7.22. The lowest BCUT2D eigenvalue weighted by atomic mass is 10.2. The molecule has 2 aromatic heterocycles. The molecule has 1 saturated heterocycles. The van der Waals surface area contributed by atoms with E-state index in [9.17, 15) is 9.59 Å². The Morgan fingerprint density at radius 1 is 1.32 bits per heavy atom. The number of thioether (sulfide) groups is 1. The van der Waals surface area contributed by atoms with Crippen LogP contribution in [-0.4, -0.2) is 37.6 Å². The average Bonchev–Trinajstić information content (AvgIpc) is 2.91. The van der Waals surface area contributed by atoms with Crippen LogP contribution in [0.1, 0.15) is 38.3 Å². The summed E-state index contributed by atoms with van der Waals surface area (Å²) in [6.07, 6.45) is 4.21. The number of pyridine rings is 1. The zero-order chi connectivity index (χ0) is 20.4. The van der Waals surface area contributed by atoms with Crippen LogP contribution in [0.3, 0.4) is 0 Å². The van der Waals surface area contributed by atoms with Gasteiger partial charge in [-0.05, 0) is 37.0 Å². The number of aryl methyl sites for hydroxylation is 1. The average molecular weight is 417 g/mol. The zero-order valence-electron chi connectivity index (χ0n) is 16.5. The van der Waals surface area contributed by atoms with Crippen molar-refractivity contribution in [2.24, 2.45) is 5.92 Å². The van der Waals surface area contributed by atoms with Crippen molar-refractivity contribution in [2.45, 2.75) is 34.1 Å². The van der Waals surface area contributed by atoms with Crippen LogP contribution in [0.15, 0.2) is 28.0 Å². The molecular formula is C20H24N4O2S2. The Morgan fingerprint density at radius 3 is 2.75 bits per heavy atom. The Balaban J connectivity index is 2.13. The van der Waals surface area contributed by atoms with Gasteiger partial charge in [-0.15, -0.1) is 0 Å². The first kappa shape index (κ1) is 20.5. The van der Waals surface area contributed by atoms with E-state index in [-0.39, 0.29) is 11.5 Å². The predicted octanol–water partition coefficient (Wildman–Crippen LogP) is 3.68. The van der Waals surface area contributed by atoms with E-state index in [0.29, 0.717) is 45.3 Å². The summed E-state index contributed by atoms with van der Waals surface area (Å²) < 4.78 is 2.05. The molecule has 1 fully saturated rings. The van der Waals surface area contributed by atoms with Crippen LogP contribution in [0, 0.1) is 12.8 Å². The molecule has 0 spiro atoms. The highest BCUT2D eigenvalue weighted by Gasteiger charge is 2.31. The van der Waals surface area contributed by atoms with Crippen molar-refractivity contribution in [2.75, 3.05) is 18.4 Å². The minimum absolute atomic E-state index is 0.152. The molecule has 0 radical (unpaired) electrons. The first-order valence-corrected chi connectivity index (χ1v) is 10.6. The Morgan fingerprint density at radius 2 is 2.07 bits per heavy atom. The molecule has 0 aliphatic carbocycles. The molecule has 6 nitrogen and oxygen atoms in total. The maximum atomic E-state index is 13.2. The summed E-state index contributed by atoms with van der Waals surface area (Å²) in [5, 5.41) is 3.26. The molecule has 1 aliphatic heterocycles. The summed E-state index contributed by atoms with van der Waals surface area (Å²) in [6, 6.07) is 3.74. The topological polar surface area (TPSA) is 66.7 Å². The monoisotopic (exact) mass is 416 g/mol. The number of nitrogens with one attached hydrogen (secondary N) is 1. The van der Waals surface area contributed by atoms with Gasteiger partial charge in [0.25, 0.3) is 11.5 Å². The summed E-state index contributed by atoms with van der Waals surface area (Å²) in [4.78, 5) is 32.6. The number of hydrogen-bond acceptors (Lipinski definition) is 6. The lowest BCUT2D eigenvalue weighted by molar-refractivity contribution is -0.122. The fraction of sp³-hybridized carbons (Fsp3) is 0.400. The van der Waals surface area contributed by atoms with Crippen molar-refractivity contribution >= 4 is 51.7 Å². The number of aromatic nitrogens is 2. The summed E-state index contributed by atoms with van der Waals surface area (Å²) in [6.45, 7) is 9.34.